The second-order valence-electron chi connectivity index (χ2n) is 5.33. The summed E-state index contributed by atoms with van der Waals surface area (Å²) in [7, 11) is 0. The molecule has 1 fully saturated rings. The summed E-state index contributed by atoms with van der Waals surface area (Å²) in [5.41, 5.74) is 1.67. The Bertz CT molecular complexity index is 490. The van der Waals surface area contributed by atoms with Crippen LogP contribution in [0.4, 0.5) is 0 Å². The number of carbonyl (C=O) groups excluding carboxylic acids is 1. The molecule has 1 aliphatic rings. The van der Waals surface area contributed by atoms with Crippen LogP contribution >= 0.6 is 0 Å². The second kappa shape index (κ2) is 7.06. The average molecular weight is 272 g/mol. The number of nitrogens with one attached hydrogen (secondary N) is 1. The van der Waals surface area contributed by atoms with Crippen molar-refractivity contribution in [1.29, 1.82) is 5.26 Å². The van der Waals surface area contributed by atoms with Gasteiger partial charge in [-0.1, -0.05) is 25.0 Å². The van der Waals surface area contributed by atoms with E-state index in [-0.39, 0.29) is 11.9 Å². The molecule has 20 heavy (non-hydrogen) atoms. The number of hydrogen-bond acceptors (Lipinski definition) is 3. The molecule has 0 saturated heterocycles. The maximum atomic E-state index is 11.9. The number of rotatable bonds is 4. The molecule has 0 spiro atoms. The maximum absolute atomic E-state index is 11.9. The van der Waals surface area contributed by atoms with Gasteiger partial charge in [-0.05, 0) is 37.0 Å². The first-order valence-electron chi connectivity index (χ1n) is 7.15. The van der Waals surface area contributed by atoms with Gasteiger partial charge in [0.05, 0.1) is 23.8 Å². The standard InChI is InChI=1S/C16H20N2O2/c17-11-13-7-5-12(6-8-13)9-10-16(20)18-14-3-1-2-4-15(14)19/h5-8,14-15,19H,1-4,9-10H2,(H,18,20). The van der Waals surface area contributed by atoms with Crippen molar-refractivity contribution in [1.82, 2.24) is 5.32 Å². The first-order chi connectivity index (χ1) is 9.69. The number of nitrogens with zero attached hydrogens (tertiary/aromatic N) is 1. The third kappa shape index (κ3) is 4.07. The number of aliphatic hydroxyl groups excluding tert-OH is 1. The van der Waals surface area contributed by atoms with Gasteiger partial charge >= 0.3 is 0 Å². The van der Waals surface area contributed by atoms with E-state index in [1.807, 2.05) is 12.1 Å². The highest BCUT2D eigenvalue weighted by Gasteiger charge is 2.24. The Morgan fingerprint density at radius 2 is 2.00 bits per heavy atom. The van der Waals surface area contributed by atoms with Crippen LogP contribution in [0, 0.1) is 11.3 Å². The Morgan fingerprint density at radius 3 is 2.65 bits per heavy atom. The highest BCUT2D eigenvalue weighted by Crippen LogP contribution is 2.18. The van der Waals surface area contributed by atoms with E-state index >= 15 is 0 Å². The Labute approximate surface area is 119 Å². The summed E-state index contributed by atoms with van der Waals surface area (Å²) in [5.74, 6) is -0.0136. The van der Waals surface area contributed by atoms with Crippen molar-refractivity contribution in [2.24, 2.45) is 0 Å². The predicted molar refractivity (Wildman–Crippen MR) is 75.9 cm³/mol. The Balaban J connectivity index is 1.78. The van der Waals surface area contributed by atoms with E-state index in [9.17, 15) is 9.90 Å². The molecule has 106 valence electrons. The first-order valence-corrected chi connectivity index (χ1v) is 7.15. The van der Waals surface area contributed by atoms with E-state index in [2.05, 4.69) is 11.4 Å². The topological polar surface area (TPSA) is 73.1 Å². The number of carbonyl (C=O) groups is 1. The molecule has 1 amide bonds. The molecule has 1 saturated carbocycles. The minimum absolute atomic E-state index is 0.0136. The second-order valence-corrected chi connectivity index (χ2v) is 5.33. The van der Waals surface area contributed by atoms with Gasteiger partial charge in [0.1, 0.15) is 0 Å². The Hall–Kier alpha value is -1.86. The third-order valence-corrected chi connectivity index (χ3v) is 3.80. The number of benzene rings is 1. The molecule has 1 aromatic carbocycles. The molecular weight excluding hydrogens is 252 g/mol. The third-order valence-electron chi connectivity index (χ3n) is 3.80. The number of nitriles is 1. The number of aryl methyl sites for hydroxylation is 1. The molecule has 0 radical (unpaired) electrons. The fourth-order valence-electron chi connectivity index (χ4n) is 2.56. The molecule has 1 aliphatic carbocycles. The molecule has 0 heterocycles. The van der Waals surface area contributed by atoms with Crippen molar-refractivity contribution >= 4 is 5.91 Å². The molecule has 2 unspecified atom stereocenters. The summed E-state index contributed by atoms with van der Waals surface area (Å²) in [6.07, 6.45) is 4.42. The Kier molecular flexibility index (Phi) is 5.14. The largest absolute Gasteiger partial charge is 0.391 e. The van der Waals surface area contributed by atoms with Crippen LogP contribution in [0.3, 0.4) is 0 Å². The van der Waals surface area contributed by atoms with Crippen LogP contribution in [0.15, 0.2) is 24.3 Å². The minimum Gasteiger partial charge on any atom is -0.391 e. The maximum Gasteiger partial charge on any atom is 0.220 e. The van der Waals surface area contributed by atoms with Gasteiger partial charge in [-0.15, -0.1) is 0 Å². The zero-order valence-electron chi connectivity index (χ0n) is 11.5. The summed E-state index contributed by atoms with van der Waals surface area (Å²) in [6.45, 7) is 0. The van der Waals surface area contributed by atoms with Crippen LogP contribution in [0.1, 0.15) is 43.2 Å². The molecule has 2 rings (SSSR count). The van der Waals surface area contributed by atoms with Crippen molar-refractivity contribution in [3.63, 3.8) is 0 Å². The summed E-state index contributed by atoms with van der Waals surface area (Å²) >= 11 is 0. The van der Waals surface area contributed by atoms with Crippen molar-refractivity contribution in [2.45, 2.75) is 50.7 Å². The lowest BCUT2D eigenvalue weighted by molar-refractivity contribution is -0.123. The van der Waals surface area contributed by atoms with Crippen LogP contribution in [0.25, 0.3) is 0 Å². The summed E-state index contributed by atoms with van der Waals surface area (Å²) in [4.78, 5) is 11.9. The Morgan fingerprint density at radius 1 is 1.30 bits per heavy atom. The summed E-state index contributed by atoms with van der Waals surface area (Å²) < 4.78 is 0. The lowest BCUT2D eigenvalue weighted by Crippen LogP contribution is -2.45. The zero-order valence-corrected chi connectivity index (χ0v) is 11.5. The van der Waals surface area contributed by atoms with Gasteiger partial charge in [0.25, 0.3) is 0 Å². The molecule has 4 heteroatoms. The highest BCUT2D eigenvalue weighted by molar-refractivity contribution is 5.76. The number of aliphatic hydroxyl groups is 1. The molecule has 4 nitrogen and oxygen atoms in total. The SMILES string of the molecule is N#Cc1ccc(CCC(=O)NC2CCCCC2O)cc1. The minimum atomic E-state index is -0.400. The quantitative estimate of drug-likeness (QED) is 0.879. The zero-order chi connectivity index (χ0) is 14.4. The van der Waals surface area contributed by atoms with Gasteiger partial charge in [0, 0.05) is 6.42 Å². The van der Waals surface area contributed by atoms with Gasteiger partial charge in [0.2, 0.25) is 5.91 Å². The molecular formula is C16H20N2O2. The van der Waals surface area contributed by atoms with E-state index in [4.69, 9.17) is 5.26 Å². The van der Waals surface area contributed by atoms with Crippen molar-refractivity contribution in [3.8, 4) is 6.07 Å². The molecule has 0 aromatic heterocycles. The first kappa shape index (κ1) is 14.5. The predicted octanol–water partition coefficient (Wildman–Crippen LogP) is 1.91. The number of hydrogen-bond donors (Lipinski definition) is 2. The van der Waals surface area contributed by atoms with Crippen LogP contribution in [0.2, 0.25) is 0 Å². The summed E-state index contributed by atoms with van der Waals surface area (Å²) in [5, 5.41) is 21.5. The van der Waals surface area contributed by atoms with E-state index in [0.717, 1.165) is 31.2 Å². The van der Waals surface area contributed by atoms with E-state index < -0.39 is 6.10 Å². The smallest absolute Gasteiger partial charge is 0.220 e. The molecule has 0 bridgehead atoms. The molecule has 2 atom stereocenters. The normalized spacial score (nSPS) is 22.0. The van der Waals surface area contributed by atoms with Gasteiger partial charge in [-0.25, -0.2) is 0 Å². The van der Waals surface area contributed by atoms with Crippen molar-refractivity contribution in [3.05, 3.63) is 35.4 Å². The van der Waals surface area contributed by atoms with E-state index in [1.165, 1.54) is 0 Å². The van der Waals surface area contributed by atoms with E-state index in [0.29, 0.717) is 18.4 Å². The van der Waals surface area contributed by atoms with Crippen LogP contribution in [-0.2, 0) is 11.2 Å². The summed E-state index contributed by atoms with van der Waals surface area (Å²) in [6, 6.07) is 9.26. The molecule has 0 aliphatic heterocycles. The van der Waals surface area contributed by atoms with Gasteiger partial charge < -0.3 is 10.4 Å². The van der Waals surface area contributed by atoms with Crippen molar-refractivity contribution < 1.29 is 9.90 Å². The molecule has 2 N–H and O–H groups in total. The molecule has 1 aromatic rings. The fourth-order valence-corrected chi connectivity index (χ4v) is 2.56. The average Bonchev–Trinajstić information content (AvgIpc) is 2.48. The lowest BCUT2D eigenvalue weighted by Gasteiger charge is -2.28. The van der Waals surface area contributed by atoms with Crippen LogP contribution in [-0.4, -0.2) is 23.2 Å². The number of amides is 1. The van der Waals surface area contributed by atoms with Gasteiger partial charge in [-0.3, -0.25) is 4.79 Å². The van der Waals surface area contributed by atoms with Crippen LogP contribution < -0.4 is 5.32 Å². The lowest BCUT2D eigenvalue weighted by atomic mass is 9.92. The van der Waals surface area contributed by atoms with E-state index in [1.54, 1.807) is 12.1 Å². The van der Waals surface area contributed by atoms with Gasteiger partial charge in [-0.2, -0.15) is 5.26 Å². The highest BCUT2D eigenvalue weighted by atomic mass is 16.3. The van der Waals surface area contributed by atoms with Crippen molar-refractivity contribution in [2.75, 3.05) is 0 Å². The van der Waals surface area contributed by atoms with Gasteiger partial charge in [0.15, 0.2) is 0 Å². The fraction of sp³-hybridized carbons (Fsp3) is 0.500. The van der Waals surface area contributed by atoms with Crippen LogP contribution in [0.5, 0.6) is 0 Å². The monoisotopic (exact) mass is 272 g/mol.